The molecule has 1 saturated heterocycles. The third kappa shape index (κ3) is 5.25. The number of nitrogens with zero attached hydrogens (tertiary/aromatic N) is 5. The molecule has 1 aliphatic rings. The van der Waals surface area contributed by atoms with E-state index < -0.39 is 21.7 Å². The molecule has 1 amide bonds. The number of hydrogen-bond donors (Lipinski definition) is 0. The van der Waals surface area contributed by atoms with Gasteiger partial charge in [0.15, 0.2) is 5.65 Å². The minimum Gasteiger partial charge on any atom is -0.444 e. The van der Waals surface area contributed by atoms with Crippen LogP contribution in [0.2, 0.25) is 0 Å². The second kappa shape index (κ2) is 9.46. The Hall–Kier alpha value is -3.18. The number of rotatable bonds is 4. The number of ether oxygens (including phenoxy) is 2. The quantitative estimate of drug-likeness (QED) is 0.537. The van der Waals surface area contributed by atoms with Crippen molar-refractivity contribution in [2.75, 3.05) is 38.3 Å². The summed E-state index contributed by atoms with van der Waals surface area (Å²) in [5.74, 6) is 0.549. The Bertz CT molecular complexity index is 1310. The van der Waals surface area contributed by atoms with E-state index >= 15 is 0 Å². The summed E-state index contributed by atoms with van der Waals surface area (Å²) < 4.78 is 39.1. The Morgan fingerprint density at radius 2 is 1.89 bits per heavy atom. The third-order valence-electron chi connectivity index (χ3n) is 5.79. The van der Waals surface area contributed by atoms with Gasteiger partial charge in [0.25, 0.3) is 10.0 Å². The largest absolute Gasteiger partial charge is 0.444 e. The number of fused-ring (bicyclic) bond motifs is 1. The number of aryl methyl sites for hydroxylation is 1. The molecule has 0 aliphatic carbocycles. The molecule has 3 heterocycles. The topological polar surface area (TPSA) is 107 Å². The summed E-state index contributed by atoms with van der Waals surface area (Å²) in [6.45, 7) is 8.96. The summed E-state index contributed by atoms with van der Waals surface area (Å²) in [5, 5.41) is 0.582. The van der Waals surface area contributed by atoms with Crippen LogP contribution in [0.3, 0.4) is 0 Å². The van der Waals surface area contributed by atoms with Gasteiger partial charge in [-0.05, 0) is 45.9 Å². The molecule has 1 unspecified atom stereocenters. The number of benzene rings is 1. The van der Waals surface area contributed by atoms with Crippen molar-refractivity contribution >= 4 is 33.0 Å². The van der Waals surface area contributed by atoms with Crippen molar-refractivity contribution in [2.24, 2.45) is 0 Å². The summed E-state index contributed by atoms with van der Waals surface area (Å²) in [6, 6.07) is 8.15. The van der Waals surface area contributed by atoms with Gasteiger partial charge in [-0.3, -0.25) is 0 Å². The van der Waals surface area contributed by atoms with E-state index in [1.165, 1.54) is 16.5 Å². The summed E-state index contributed by atoms with van der Waals surface area (Å²) in [4.78, 5) is 25.1. The van der Waals surface area contributed by atoms with Crippen molar-refractivity contribution in [1.82, 2.24) is 18.8 Å². The van der Waals surface area contributed by atoms with Crippen LogP contribution in [-0.2, 0) is 19.5 Å². The zero-order chi connectivity index (χ0) is 25.4. The van der Waals surface area contributed by atoms with Crippen LogP contribution >= 0.6 is 0 Å². The van der Waals surface area contributed by atoms with Gasteiger partial charge in [-0.2, -0.15) is 0 Å². The molecule has 3 aromatic rings. The molecule has 1 fully saturated rings. The number of anilines is 1. The van der Waals surface area contributed by atoms with Gasteiger partial charge in [0.2, 0.25) is 0 Å². The van der Waals surface area contributed by atoms with Crippen LogP contribution in [0.5, 0.6) is 0 Å². The molecule has 0 N–H and O–H groups in total. The van der Waals surface area contributed by atoms with Crippen LogP contribution in [-0.4, -0.2) is 78.3 Å². The van der Waals surface area contributed by atoms with E-state index in [0.29, 0.717) is 37.5 Å². The van der Waals surface area contributed by atoms with Crippen molar-refractivity contribution in [3.05, 3.63) is 48.4 Å². The fourth-order valence-electron chi connectivity index (χ4n) is 3.91. The molecule has 1 aliphatic heterocycles. The van der Waals surface area contributed by atoms with Crippen LogP contribution in [0.15, 0.2) is 47.8 Å². The van der Waals surface area contributed by atoms with E-state index in [9.17, 15) is 13.2 Å². The maximum Gasteiger partial charge on any atom is 0.410 e. The van der Waals surface area contributed by atoms with Crippen molar-refractivity contribution in [1.29, 1.82) is 0 Å². The molecular weight excluding hydrogens is 470 g/mol. The van der Waals surface area contributed by atoms with Crippen molar-refractivity contribution < 1.29 is 22.7 Å². The Morgan fingerprint density at radius 3 is 2.57 bits per heavy atom. The van der Waals surface area contributed by atoms with Crippen LogP contribution in [0.25, 0.3) is 11.0 Å². The van der Waals surface area contributed by atoms with Gasteiger partial charge in [-0.25, -0.2) is 27.2 Å². The average Bonchev–Trinajstić information content (AvgIpc) is 3.08. The number of carbonyl (C=O) groups excluding carboxylic acids is 1. The van der Waals surface area contributed by atoms with Crippen molar-refractivity contribution in [3.63, 3.8) is 0 Å². The lowest BCUT2D eigenvalue weighted by molar-refractivity contribution is 0.0240. The van der Waals surface area contributed by atoms with E-state index in [-0.39, 0.29) is 16.6 Å². The first-order valence-corrected chi connectivity index (χ1v) is 12.8. The first kappa shape index (κ1) is 24.9. The molecule has 0 spiro atoms. The molecule has 2 aromatic heterocycles. The molecule has 10 nitrogen and oxygen atoms in total. The van der Waals surface area contributed by atoms with Gasteiger partial charge in [0, 0.05) is 26.3 Å². The fraction of sp³-hybridized carbons (Fsp3) is 0.458. The summed E-state index contributed by atoms with van der Waals surface area (Å²) in [7, 11) is -1.99. The second-order valence-corrected chi connectivity index (χ2v) is 11.4. The normalized spacial score (nSPS) is 17.3. The zero-order valence-electron chi connectivity index (χ0n) is 20.6. The number of amides is 1. The molecule has 0 bridgehead atoms. The lowest BCUT2D eigenvalue weighted by Crippen LogP contribution is -2.47. The number of carbonyl (C=O) groups is 1. The molecule has 188 valence electrons. The third-order valence-corrected chi connectivity index (χ3v) is 7.47. The lowest BCUT2D eigenvalue weighted by Gasteiger charge is -2.32. The maximum atomic E-state index is 13.3. The predicted octanol–water partition coefficient (Wildman–Crippen LogP) is 3.05. The van der Waals surface area contributed by atoms with E-state index in [0.717, 1.165) is 5.56 Å². The Balaban J connectivity index is 1.64. The van der Waals surface area contributed by atoms with Gasteiger partial charge < -0.3 is 19.3 Å². The maximum absolute atomic E-state index is 13.3. The summed E-state index contributed by atoms with van der Waals surface area (Å²) in [5.41, 5.74) is 0.649. The molecule has 0 radical (unpaired) electrons. The van der Waals surface area contributed by atoms with Gasteiger partial charge >= 0.3 is 6.09 Å². The summed E-state index contributed by atoms with van der Waals surface area (Å²) >= 11 is 0. The van der Waals surface area contributed by atoms with E-state index in [1.54, 1.807) is 35.2 Å². The highest BCUT2D eigenvalue weighted by Crippen LogP contribution is 2.28. The van der Waals surface area contributed by atoms with Crippen molar-refractivity contribution in [2.45, 2.75) is 44.2 Å². The summed E-state index contributed by atoms with van der Waals surface area (Å²) in [6.07, 6.45) is 2.44. The first-order chi connectivity index (χ1) is 16.5. The smallest absolute Gasteiger partial charge is 0.410 e. The van der Waals surface area contributed by atoms with E-state index in [4.69, 9.17) is 9.47 Å². The van der Waals surface area contributed by atoms with Crippen LogP contribution in [0.4, 0.5) is 10.6 Å². The molecular formula is C24H31N5O5S. The Morgan fingerprint density at radius 1 is 1.17 bits per heavy atom. The van der Waals surface area contributed by atoms with Gasteiger partial charge in [0.1, 0.15) is 17.7 Å². The fourth-order valence-corrected chi connectivity index (χ4v) is 5.21. The number of likely N-dealkylation sites (N-methyl/N-ethyl adjacent to an activating group) is 1. The molecule has 1 aromatic carbocycles. The Kier molecular flexibility index (Phi) is 6.74. The highest BCUT2D eigenvalue weighted by Gasteiger charge is 2.30. The molecule has 11 heteroatoms. The molecule has 0 saturated carbocycles. The van der Waals surface area contributed by atoms with Crippen LogP contribution in [0, 0.1) is 6.92 Å². The van der Waals surface area contributed by atoms with Gasteiger partial charge in [0.05, 0.1) is 29.5 Å². The SMILES string of the molecule is Cc1ccc(S(=O)(=O)n2ccc3c(N(C)C4COCCN(C(=O)OC(C)(C)C)C4)ncnc32)cc1. The number of hydrogen-bond acceptors (Lipinski definition) is 8. The number of aromatic nitrogens is 3. The zero-order valence-corrected chi connectivity index (χ0v) is 21.4. The van der Waals surface area contributed by atoms with E-state index in [1.807, 2.05) is 39.6 Å². The molecule has 35 heavy (non-hydrogen) atoms. The second-order valence-electron chi connectivity index (χ2n) is 9.63. The molecule has 4 rings (SSSR count). The molecule has 1 atom stereocenters. The lowest BCUT2D eigenvalue weighted by atomic mass is 10.2. The average molecular weight is 502 g/mol. The first-order valence-electron chi connectivity index (χ1n) is 11.4. The van der Waals surface area contributed by atoms with Crippen LogP contribution in [0.1, 0.15) is 26.3 Å². The highest BCUT2D eigenvalue weighted by molar-refractivity contribution is 7.90. The minimum atomic E-state index is -3.84. The van der Waals surface area contributed by atoms with Gasteiger partial charge in [-0.15, -0.1) is 0 Å². The van der Waals surface area contributed by atoms with Crippen LogP contribution < -0.4 is 4.90 Å². The van der Waals surface area contributed by atoms with Gasteiger partial charge in [-0.1, -0.05) is 17.7 Å². The Labute approximate surface area is 205 Å². The standard InChI is InChI=1S/C24H31N5O5S/c1-17-6-8-19(9-7-17)35(31,32)29-11-10-20-21(25-16-26-22(20)29)27(5)18-14-28(12-13-33-15-18)23(30)34-24(2,3)4/h6-11,16,18H,12-15H2,1-5H3. The monoisotopic (exact) mass is 501 g/mol. The minimum absolute atomic E-state index is 0.180. The predicted molar refractivity (Wildman–Crippen MR) is 132 cm³/mol. The van der Waals surface area contributed by atoms with E-state index in [2.05, 4.69) is 9.97 Å². The highest BCUT2D eigenvalue weighted by atomic mass is 32.2. The van der Waals surface area contributed by atoms with Crippen molar-refractivity contribution in [3.8, 4) is 0 Å².